The predicted molar refractivity (Wildman–Crippen MR) is 67.9 cm³/mol. The van der Waals surface area contributed by atoms with Gasteiger partial charge in [0.25, 0.3) is 0 Å². The van der Waals surface area contributed by atoms with E-state index in [1.54, 1.807) is 12.3 Å². The van der Waals surface area contributed by atoms with Crippen molar-refractivity contribution in [3.8, 4) is 6.07 Å². The SMILES string of the molecule is CN(CC1CCCN1C)c1cc(C#N)ccn1. The highest BCUT2D eigenvalue weighted by molar-refractivity contribution is 5.44. The Morgan fingerprint density at radius 1 is 1.65 bits per heavy atom. The number of anilines is 1. The number of likely N-dealkylation sites (N-methyl/N-ethyl adjacent to an activating group) is 2. The first-order valence-corrected chi connectivity index (χ1v) is 5.98. The number of pyridine rings is 1. The van der Waals surface area contributed by atoms with E-state index in [0.29, 0.717) is 11.6 Å². The quantitative estimate of drug-likeness (QED) is 0.789. The van der Waals surface area contributed by atoms with Crippen LogP contribution in [0.25, 0.3) is 0 Å². The van der Waals surface area contributed by atoms with E-state index in [4.69, 9.17) is 5.26 Å². The molecule has 4 heteroatoms. The van der Waals surface area contributed by atoms with E-state index in [9.17, 15) is 0 Å². The van der Waals surface area contributed by atoms with Gasteiger partial charge in [-0.25, -0.2) is 4.98 Å². The van der Waals surface area contributed by atoms with Gasteiger partial charge in [0, 0.05) is 25.8 Å². The fraction of sp³-hybridized carbons (Fsp3) is 0.538. The molecule has 1 fully saturated rings. The Kier molecular flexibility index (Phi) is 3.60. The van der Waals surface area contributed by atoms with E-state index in [1.165, 1.54) is 19.4 Å². The van der Waals surface area contributed by atoms with Gasteiger partial charge in [0.2, 0.25) is 0 Å². The highest BCUT2D eigenvalue weighted by Gasteiger charge is 2.22. The summed E-state index contributed by atoms with van der Waals surface area (Å²) in [6, 6.07) is 6.33. The molecule has 17 heavy (non-hydrogen) atoms. The largest absolute Gasteiger partial charge is 0.358 e. The van der Waals surface area contributed by atoms with Crippen molar-refractivity contribution in [1.82, 2.24) is 9.88 Å². The van der Waals surface area contributed by atoms with Crippen LogP contribution in [0.15, 0.2) is 18.3 Å². The summed E-state index contributed by atoms with van der Waals surface area (Å²) in [6.45, 7) is 2.16. The summed E-state index contributed by atoms with van der Waals surface area (Å²) in [5.74, 6) is 0.879. The molecule has 90 valence electrons. The molecule has 0 amide bonds. The van der Waals surface area contributed by atoms with Gasteiger partial charge in [0.15, 0.2) is 0 Å². The second-order valence-corrected chi connectivity index (χ2v) is 4.67. The first-order chi connectivity index (χ1) is 8.20. The molecule has 2 heterocycles. The molecule has 1 aliphatic heterocycles. The van der Waals surface area contributed by atoms with E-state index >= 15 is 0 Å². The maximum Gasteiger partial charge on any atom is 0.129 e. The van der Waals surface area contributed by atoms with Gasteiger partial charge in [-0.2, -0.15) is 5.26 Å². The van der Waals surface area contributed by atoms with Crippen molar-refractivity contribution < 1.29 is 0 Å². The molecule has 1 unspecified atom stereocenters. The van der Waals surface area contributed by atoms with E-state index in [0.717, 1.165) is 12.4 Å². The van der Waals surface area contributed by atoms with E-state index in [-0.39, 0.29) is 0 Å². The van der Waals surface area contributed by atoms with Gasteiger partial charge in [-0.05, 0) is 38.6 Å². The smallest absolute Gasteiger partial charge is 0.129 e. The highest BCUT2D eigenvalue weighted by Crippen LogP contribution is 2.18. The Balaban J connectivity index is 2.04. The van der Waals surface area contributed by atoms with Crippen LogP contribution in [0.3, 0.4) is 0 Å². The first kappa shape index (κ1) is 11.9. The van der Waals surface area contributed by atoms with Crippen LogP contribution in [0.1, 0.15) is 18.4 Å². The number of hydrogen-bond donors (Lipinski definition) is 0. The number of rotatable bonds is 3. The minimum atomic E-state index is 0.604. The molecule has 0 N–H and O–H groups in total. The Bertz CT molecular complexity index is 424. The molecule has 2 rings (SSSR count). The third-order valence-corrected chi connectivity index (χ3v) is 3.42. The van der Waals surface area contributed by atoms with Crippen LogP contribution in [0, 0.1) is 11.3 Å². The summed E-state index contributed by atoms with van der Waals surface area (Å²) < 4.78 is 0. The van der Waals surface area contributed by atoms with Crippen molar-refractivity contribution in [2.24, 2.45) is 0 Å². The number of nitrogens with zero attached hydrogens (tertiary/aromatic N) is 4. The highest BCUT2D eigenvalue weighted by atomic mass is 15.2. The van der Waals surface area contributed by atoms with Crippen LogP contribution in [-0.4, -0.2) is 43.1 Å². The number of hydrogen-bond acceptors (Lipinski definition) is 4. The third-order valence-electron chi connectivity index (χ3n) is 3.42. The van der Waals surface area contributed by atoms with Gasteiger partial charge < -0.3 is 9.80 Å². The minimum Gasteiger partial charge on any atom is -0.358 e. The van der Waals surface area contributed by atoms with Crippen LogP contribution in [0.5, 0.6) is 0 Å². The van der Waals surface area contributed by atoms with Gasteiger partial charge in [-0.3, -0.25) is 0 Å². The molecule has 0 saturated carbocycles. The maximum atomic E-state index is 8.87. The second kappa shape index (κ2) is 5.15. The molecule has 0 aliphatic carbocycles. The summed E-state index contributed by atoms with van der Waals surface area (Å²) in [4.78, 5) is 8.84. The topological polar surface area (TPSA) is 43.2 Å². The lowest BCUT2D eigenvalue weighted by Crippen LogP contribution is -2.36. The van der Waals surface area contributed by atoms with Gasteiger partial charge in [0.05, 0.1) is 11.6 Å². The Morgan fingerprint density at radius 3 is 3.12 bits per heavy atom. The molecular weight excluding hydrogens is 212 g/mol. The van der Waals surface area contributed by atoms with Crippen LogP contribution < -0.4 is 4.90 Å². The number of likely N-dealkylation sites (tertiary alicyclic amines) is 1. The van der Waals surface area contributed by atoms with E-state index in [2.05, 4.69) is 27.9 Å². The molecule has 1 aromatic rings. The number of nitriles is 1. The lowest BCUT2D eigenvalue weighted by atomic mass is 10.2. The molecule has 1 aliphatic rings. The lowest BCUT2D eigenvalue weighted by Gasteiger charge is -2.26. The normalized spacial score (nSPS) is 20.2. The molecule has 0 spiro atoms. The molecule has 4 nitrogen and oxygen atoms in total. The van der Waals surface area contributed by atoms with Crippen molar-refractivity contribution in [3.63, 3.8) is 0 Å². The molecule has 1 atom stereocenters. The molecule has 0 radical (unpaired) electrons. The molecule has 0 aromatic carbocycles. The first-order valence-electron chi connectivity index (χ1n) is 5.98. The van der Waals surface area contributed by atoms with Crippen molar-refractivity contribution in [1.29, 1.82) is 5.26 Å². The predicted octanol–water partition coefficient (Wildman–Crippen LogP) is 1.48. The average Bonchev–Trinajstić information content (AvgIpc) is 2.75. The van der Waals surface area contributed by atoms with E-state index in [1.807, 2.05) is 13.1 Å². The fourth-order valence-electron chi connectivity index (χ4n) is 2.32. The molecular formula is C13H18N4. The van der Waals surface area contributed by atoms with Gasteiger partial charge in [-0.1, -0.05) is 0 Å². The van der Waals surface area contributed by atoms with Crippen LogP contribution in [0.4, 0.5) is 5.82 Å². The average molecular weight is 230 g/mol. The van der Waals surface area contributed by atoms with Gasteiger partial charge in [-0.15, -0.1) is 0 Å². The zero-order chi connectivity index (χ0) is 12.3. The second-order valence-electron chi connectivity index (χ2n) is 4.67. The Labute approximate surface area is 102 Å². The van der Waals surface area contributed by atoms with E-state index < -0.39 is 0 Å². The summed E-state index contributed by atoms with van der Waals surface area (Å²) in [5.41, 5.74) is 0.668. The Morgan fingerprint density at radius 2 is 2.47 bits per heavy atom. The molecule has 1 saturated heterocycles. The van der Waals surface area contributed by atoms with Crippen molar-refractivity contribution in [3.05, 3.63) is 23.9 Å². The van der Waals surface area contributed by atoms with Gasteiger partial charge >= 0.3 is 0 Å². The number of aromatic nitrogens is 1. The summed E-state index contributed by atoms with van der Waals surface area (Å²) >= 11 is 0. The van der Waals surface area contributed by atoms with Crippen molar-refractivity contribution >= 4 is 5.82 Å². The Hall–Kier alpha value is -1.60. The molecule has 0 bridgehead atoms. The van der Waals surface area contributed by atoms with Crippen molar-refractivity contribution in [2.75, 3.05) is 32.1 Å². The fourth-order valence-corrected chi connectivity index (χ4v) is 2.32. The van der Waals surface area contributed by atoms with Crippen LogP contribution in [0.2, 0.25) is 0 Å². The minimum absolute atomic E-state index is 0.604. The van der Waals surface area contributed by atoms with Crippen LogP contribution in [-0.2, 0) is 0 Å². The lowest BCUT2D eigenvalue weighted by molar-refractivity contribution is 0.314. The van der Waals surface area contributed by atoms with Crippen molar-refractivity contribution in [2.45, 2.75) is 18.9 Å². The summed E-state index contributed by atoms with van der Waals surface area (Å²) in [6.07, 6.45) is 4.22. The summed E-state index contributed by atoms with van der Waals surface area (Å²) in [7, 11) is 4.21. The third kappa shape index (κ3) is 2.75. The van der Waals surface area contributed by atoms with Gasteiger partial charge in [0.1, 0.15) is 5.82 Å². The van der Waals surface area contributed by atoms with Crippen LogP contribution >= 0.6 is 0 Å². The summed E-state index contributed by atoms with van der Waals surface area (Å²) in [5, 5.41) is 8.87. The zero-order valence-electron chi connectivity index (χ0n) is 10.4. The zero-order valence-corrected chi connectivity index (χ0v) is 10.4. The monoisotopic (exact) mass is 230 g/mol. The maximum absolute atomic E-state index is 8.87. The molecule has 1 aromatic heterocycles. The standard InChI is InChI=1S/C13H18N4/c1-16-7-3-4-12(16)10-17(2)13-8-11(9-14)5-6-15-13/h5-6,8,12H,3-4,7,10H2,1-2H3.